The fraction of sp³-hybridized carbons (Fsp3) is 0.438. The number of nitrogens with zero attached hydrogens (tertiary/aromatic N) is 2. The summed E-state index contributed by atoms with van der Waals surface area (Å²) in [5, 5.41) is 3.93. The maximum absolute atomic E-state index is 12.8. The Hall–Kier alpha value is -2.04. The minimum absolute atomic E-state index is 0.0258. The number of rotatable bonds is 4. The standard InChI is InChI=1S/C16H17FN2O2/c17-13-7-5-11(6-8-13)9-15-18-16(21-19-15)10-12-3-1-2-4-14(12)20/h5-8,12H,1-4,9-10H2. The number of hydrogen-bond donors (Lipinski definition) is 0. The first-order valence-corrected chi connectivity index (χ1v) is 7.29. The van der Waals surface area contributed by atoms with Gasteiger partial charge in [-0.2, -0.15) is 4.98 Å². The largest absolute Gasteiger partial charge is 0.339 e. The number of carbonyl (C=O) groups excluding carboxylic acids is 1. The molecule has 21 heavy (non-hydrogen) atoms. The molecule has 1 heterocycles. The van der Waals surface area contributed by atoms with E-state index in [-0.39, 0.29) is 11.7 Å². The second-order valence-corrected chi connectivity index (χ2v) is 5.52. The van der Waals surface area contributed by atoms with E-state index in [9.17, 15) is 9.18 Å². The predicted molar refractivity (Wildman–Crippen MR) is 74.2 cm³/mol. The molecule has 5 heteroatoms. The minimum atomic E-state index is -0.261. The summed E-state index contributed by atoms with van der Waals surface area (Å²) in [4.78, 5) is 16.1. The topological polar surface area (TPSA) is 56.0 Å². The van der Waals surface area contributed by atoms with Gasteiger partial charge in [0.05, 0.1) is 0 Å². The van der Waals surface area contributed by atoms with Crippen molar-refractivity contribution in [3.63, 3.8) is 0 Å². The van der Waals surface area contributed by atoms with Crippen molar-refractivity contribution in [3.8, 4) is 0 Å². The van der Waals surface area contributed by atoms with E-state index in [1.807, 2.05) is 0 Å². The van der Waals surface area contributed by atoms with Crippen LogP contribution in [0.1, 0.15) is 43.0 Å². The Morgan fingerprint density at radius 3 is 2.81 bits per heavy atom. The zero-order valence-corrected chi connectivity index (χ0v) is 11.7. The summed E-state index contributed by atoms with van der Waals surface area (Å²) in [6, 6.07) is 6.24. The Kier molecular flexibility index (Phi) is 4.08. The third-order valence-corrected chi connectivity index (χ3v) is 3.89. The lowest BCUT2D eigenvalue weighted by atomic mass is 9.86. The highest BCUT2D eigenvalue weighted by molar-refractivity contribution is 5.81. The number of aromatic nitrogens is 2. The van der Waals surface area contributed by atoms with Crippen LogP contribution < -0.4 is 0 Å². The van der Waals surface area contributed by atoms with Crippen LogP contribution in [0, 0.1) is 11.7 Å². The molecule has 1 aromatic carbocycles. The Bertz CT molecular complexity index is 621. The summed E-state index contributed by atoms with van der Waals surface area (Å²) < 4.78 is 18.1. The molecule has 1 saturated carbocycles. The van der Waals surface area contributed by atoms with E-state index in [0.717, 1.165) is 24.8 Å². The van der Waals surface area contributed by atoms with E-state index in [2.05, 4.69) is 10.1 Å². The van der Waals surface area contributed by atoms with Gasteiger partial charge >= 0.3 is 0 Å². The van der Waals surface area contributed by atoms with Crippen LogP contribution in [0.15, 0.2) is 28.8 Å². The lowest BCUT2D eigenvalue weighted by Crippen LogP contribution is -2.21. The van der Waals surface area contributed by atoms with Gasteiger partial charge in [-0.05, 0) is 30.5 Å². The summed E-state index contributed by atoms with van der Waals surface area (Å²) in [6.45, 7) is 0. The number of halogens is 1. The molecule has 110 valence electrons. The molecule has 0 radical (unpaired) electrons. The lowest BCUT2D eigenvalue weighted by molar-refractivity contribution is -0.124. The van der Waals surface area contributed by atoms with Gasteiger partial charge in [0.1, 0.15) is 11.6 Å². The van der Waals surface area contributed by atoms with Gasteiger partial charge in [-0.3, -0.25) is 4.79 Å². The fourth-order valence-electron chi connectivity index (χ4n) is 2.71. The second kappa shape index (κ2) is 6.16. The van der Waals surface area contributed by atoms with Crippen LogP contribution in [0.3, 0.4) is 0 Å². The van der Waals surface area contributed by atoms with E-state index in [1.165, 1.54) is 12.1 Å². The number of ketones is 1. The van der Waals surface area contributed by atoms with Crippen molar-refractivity contribution in [2.45, 2.75) is 38.5 Å². The predicted octanol–water partition coefficient (Wildman–Crippen LogP) is 3.10. The molecule has 0 aliphatic heterocycles. The van der Waals surface area contributed by atoms with Crippen molar-refractivity contribution >= 4 is 5.78 Å². The molecule has 1 atom stereocenters. The van der Waals surface area contributed by atoms with E-state index < -0.39 is 0 Å². The normalized spacial score (nSPS) is 18.9. The Labute approximate surface area is 122 Å². The van der Waals surface area contributed by atoms with Crippen LogP contribution in [-0.2, 0) is 17.6 Å². The third-order valence-electron chi connectivity index (χ3n) is 3.89. The monoisotopic (exact) mass is 288 g/mol. The summed E-state index contributed by atoms with van der Waals surface area (Å²) >= 11 is 0. The minimum Gasteiger partial charge on any atom is -0.339 e. The quantitative estimate of drug-likeness (QED) is 0.867. The Morgan fingerprint density at radius 1 is 1.24 bits per heavy atom. The summed E-state index contributed by atoms with van der Waals surface area (Å²) in [6.07, 6.45) is 4.70. The zero-order valence-electron chi connectivity index (χ0n) is 11.7. The van der Waals surface area contributed by atoms with Crippen molar-refractivity contribution in [2.75, 3.05) is 0 Å². The summed E-state index contributed by atoms with van der Waals surface area (Å²) in [5.41, 5.74) is 0.928. The first-order chi connectivity index (χ1) is 10.2. The molecular formula is C16H17FN2O2. The van der Waals surface area contributed by atoms with E-state index >= 15 is 0 Å². The van der Waals surface area contributed by atoms with E-state index in [0.29, 0.717) is 36.8 Å². The van der Waals surface area contributed by atoms with Crippen LogP contribution in [-0.4, -0.2) is 15.9 Å². The highest BCUT2D eigenvalue weighted by Crippen LogP contribution is 2.23. The van der Waals surface area contributed by atoms with Crippen molar-refractivity contribution in [3.05, 3.63) is 47.4 Å². The Balaban J connectivity index is 1.63. The van der Waals surface area contributed by atoms with E-state index in [4.69, 9.17) is 4.52 Å². The van der Waals surface area contributed by atoms with E-state index in [1.54, 1.807) is 12.1 Å². The Morgan fingerprint density at radius 2 is 2.05 bits per heavy atom. The molecule has 3 rings (SSSR count). The molecule has 1 fully saturated rings. The van der Waals surface area contributed by atoms with Crippen molar-refractivity contribution in [2.24, 2.45) is 5.92 Å². The first-order valence-electron chi connectivity index (χ1n) is 7.29. The van der Waals surface area contributed by atoms with Gasteiger partial charge in [0.15, 0.2) is 5.82 Å². The smallest absolute Gasteiger partial charge is 0.227 e. The highest BCUT2D eigenvalue weighted by atomic mass is 19.1. The van der Waals surface area contributed by atoms with Gasteiger partial charge in [0.2, 0.25) is 5.89 Å². The van der Waals surface area contributed by atoms with Crippen molar-refractivity contribution in [1.82, 2.24) is 10.1 Å². The van der Waals surface area contributed by atoms with Gasteiger partial charge in [-0.25, -0.2) is 4.39 Å². The molecular weight excluding hydrogens is 271 g/mol. The molecule has 1 aliphatic carbocycles. The molecule has 1 unspecified atom stereocenters. The van der Waals surface area contributed by atoms with Gasteiger partial charge in [0.25, 0.3) is 0 Å². The number of Topliss-reactive ketones (excluding diaryl/α,β-unsaturated/α-hetero) is 1. The molecule has 1 aliphatic rings. The van der Waals surface area contributed by atoms with Crippen molar-refractivity contribution in [1.29, 1.82) is 0 Å². The van der Waals surface area contributed by atoms with Gasteiger partial charge in [0, 0.05) is 25.2 Å². The molecule has 1 aromatic heterocycles. The molecule has 0 N–H and O–H groups in total. The third kappa shape index (κ3) is 3.54. The maximum atomic E-state index is 12.8. The number of hydrogen-bond acceptors (Lipinski definition) is 4. The molecule has 0 saturated heterocycles. The maximum Gasteiger partial charge on any atom is 0.227 e. The SMILES string of the molecule is O=C1CCCCC1Cc1nc(Cc2ccc(F)cc2)no1. The van der Waals surface area contributed by atoms with Crippen LogP contribution in [0.4, 0.5) is 4.39 Å². The van der Waals surface area contributed by atoms with Crippen LogP contribution in [0.2, 0.25) is 0 Å². The number of benzene rings is 1. The summed E-state index contributed by atoms with van der Waals surface area (Å²) in [7, 11) is 0. The molecule has 2 aromatic rings. The van der Waals surface area contributed by atoms with Crippen LogP contribution >= 0.6 is 0 Å². The van der Waals surface area contributed by atoms with Gasteiger partial charge < -0.3 is 4.52 Å². The number of carbonyl (C=O) groups is 1. The fourth-order valence-corrected chi connectivity index (χ4v) is 2.71. The van der Waals surface area contributed by atoms with Crippen molar-refractivity contribution < 1.29 is 13.7 Å². The van der Waals surface area contributed by atoms with Gasteiger partial charge in [-0.1, -0.05) is 23.7 Å². The summed E-state index contributed by atoms with van der Waals surface area (Å²) in [5.74, 6) is 1.16. The second-order valence-electron chi connectivity index (χ2n) is 5.52. The molecule has 0 bridgehead atoms. The first kappa shape index (κ1) is 13.9. The average Bonchev–Trinajstić information content (AvgIpc) is 2.91. The molecule has 0 amide bonds. The molecule has 4 nitrogen and oxygen atoms in total. The van der Waals surface area contributed by atoms with Gasteiger partial charge in [-0.15, -0.1) is 0 Å². The molecule has 0 spiro atoms. The average molecular weight is 288 g/mol. The zero-order chi connectivity index (χ0) is 14.7. The van der Waals surface area contributed by atoms with Crippen LogP contribution in [0.5, 0.6) is 0 Å². The van der Waals surface area contributed by atoms with Crippen LogP contribution in [0.25, 0.3) is 0 Å². The highest BCUT2D eigenvalue weighted by Gasteiger charge is 2.24. The lowest BCUT2D eigenvalue weighted by Gasteiger charge is -2.18.